The van der Waals surface area contributed by atoms with E-state index in [1.54, 1.807) is 24.3 Å². The molecule has 3 nitrogen and oxygen atoms in total. The summed E-state index contributed by atoms with van der Waals surface area (Å²) in [5.41, 5.74) is 6.24. The monoisotopic (exact) mass is 279 g/mol. The Labute approximate surface area is 115 Å². The average molecular weight is 279 g/mol. The Morgan fingerprint density at radius 3 is 2.50 bits per heavy atom. The normalized spacial score (nSPS) is 10.3. The lowest BCUT2D eigenvalue weighted by Crippen LogP contribution is -2.06. The summed E-state index contributed by atoms with van der Waals surface area (Å²) < 4.78 is 36.8. The van der Waals surface area contributed by atoms with Crippen LogP contribution in [0, 0.1) is 11.6 Å². The molecule has 0 saturated carbocycles. The number of nitrogens with two attached hydrogens (primary N) is 1. The van der Waals surface area contributed by atoms with Crippen LogP contribution in [0.4, 0.5) is 14.5 Å². The topological polar surface area (TPSA) is 44.5 Å². The van der Waals surface area contributed by atoms with Gasteiger partial charge in [-0.2, -0.15) is 4.39 Å². The van der Waals surface area contributed by atoms with Crippen LogP contribution in [0.3, 0.4) is 0 Å². The molecule has 2 aromatic carbocycles. The minimum Gasteiger partial charge on any atom is -0.493 e. The van der Waals surface area contributed by atoms with Gasteiger partial charge in [0.25, 0.3) is 0 Å². The fraction of sp³-hybridized carbons (Fsp3) is 0.200. The van der Waals surface area contributed by atoms with E-state index >= 15 is 0 Å². The van der Waals surface area contributed by atoms with Gasteiger partial charge in [-0.3, -0.25) is 0 Å². The second kappa shape index (κ2) is 6.75. The highest BCUT2D eigenvalue weighted by Gasteiger charge is 2.08. The zero-order chi connectivity index (χ0) is 14.4. The number of ether oxygens (including phenoxy) is 2. The average Bonchev–Trinajstić information content (AvgIpc) is 2.43. The van der Waals surface area contributed by atoms with Gasteiger partial charge in [0.2, 0.25) is 5.82 Å². The van der Waals surface area contributed by atoms with Gasteiger partial charge in [0.05, 0.1) is 13.2 Å². The van der Waals surface area contributed by atoms with E-state index in [4.69, 9.17) is 15.2 Å². The third-order valence-electron chi connectivity index (χ3n) is 2.59. The van der Waals surface area contributed by atoms with E-state index in [-0.39, 0.29) is 12.4 Å². The summed E-state index contributed by atoms with van der Waals surface area (Å²) in [6.45, 7) is 0.642. The summed E-state index contributed by atoms with van der Waals surface area (Å²) in [4.78, 5) is 0. The fourth-order valence-electron chi connectivity index (χ4n) is 1.63. The van der Waals surface area contributed by atoms with Gasteiger partial charge in [-0.25, -0.2) is 4.39 Å². The lowest BCUT2D eigenvalue weighted by molar-refractivity contribution is 0.239. The quantitative estimate of drug-likeness (QED) is 0.651. The first-order chi connectivity index (χ1) is 9.66. The predicted octanol–water partition coefficient (Wildman–Crippen LogP) is 3.39. The first-order valence-corrected chi connectivity index (χ1v) is 6.22. The molecule has 0 aliphatic rings. The summed E-state index contributed by atoms with van der Waals surface area (Å²) in [7, 11) is 0. The van der Waals surface area contributed by atoms with E-state index in [9.17, 15) is 8.78 Å². The number of hydrogen-bond donors (Lipinski definition) is 1. The molecule has 0 bridgehead atoms. The summed E-state index contributed by atoms with van der Waals surface area (Å²) in [5.74, 6) is -1.31. The highest BCUT2D eigenvalue weighted by molar-refractivity contribution is 5.43. The predicted molar refractivity (Wildman–Crippen MR) is 72.8 cm³/mol. The number of halogens is 2. The molecule has 2 rings (SSSR count). The van der Waals surface area contributed by atoms with Crippen molar-refractivity contribution in [2.45, 2.75) is 6.42 Å². The summed E-state index contributed by atoms with van der Waals surface area (Å²) >= 11 is 0. The van der Waals surface area contributed by atoms with Crippen LogP contribution in [-0.2, 0) is 0 Å². The highest BCUT2D eigenvalue weighted by Crippen LogP contribution is 2.19. The zero-order valence-corrected chi connectivity index (χ0v) is 10.8. The molecular formula is C15H15F2NO2. The molecular weight excluding hydrogens is 264 g/mol. The van der Waals surface area contributed by atoms with Crippen LogP contribution in [-0.4, -0.2) is 13.2 Å². The summed E-state index contributed by atoms with van der Waals surface area (Å²) in [5, 5.41) is 0. The van der Waals surface area contributed by atoms with Crippen LogP contribution < -0.4 is 15.2 Å². The summed E-state index contributed by atoms with van der Waals surface area (Å²) in [6.07, 6.45) is 0.546. The Morgan fingerprint density at radius 1 is 0.950 bits per heavy atom. The first-order valence-electron chi connectivity index (χ1n) is 6.22. The number of rotatable bonds is 6. The molecule has 0 aliphatic heterocycles. The van der Waals surface area contributed by atoms with Crippen molar-refractivity contribution in [3.63, 3.8) is 0 Å². The third kappa shape index (κ3) is 3.85. The smallest absolute Gasteiger partial charge is 0.200 e. The van der Waals surface area contributed by atoms with Crippen LogP contribution in [0.2, 0.25) is 0 Å². The first kappa shape index (κ1) is 14.1. The van der Waals surface area contributed by atoms with Crippen molar-refractivity contribution in [3.05, 3.63) is 54.1 Å². The Kier molecular flexibility index (Phi) is 4.76. The van der Waals surface area contributed by atoms with Crippen LogP contribution in [0.5, 0.6) is 11.5 Å². The number of anilines is 1. The van der Waals surface area contributed by atoms with Crippen molar-refractivity contribution in [1.82, 2.24) is 0 Å². The van der Waals surface area contributed by atoms with Gasteiger partial charge in [-0.15, -0.1) is 0 Å². The van der Waals surface area contributed by atoms with Crippen molar-refractivity contribution in [1.29, 1.82) is 0 Å². The molecule has 2 aromatic rings. The lowest BCUT2D eigenvalue weighted by atomic mass is 10.3. The maximum absolute atomic E-state index is 13.3. The van der Waals surface area contributed by atoms with Crippen molar-refractivity contribution >= 4 is 5.69 Å². The molecule has 0 aromatic heterocycles. The number of nitrogen functional groups attached to an aromatic ring is 1. The molecule has 5 heteroatoms. The molecule has 0 unspecified atom stereocenters. The van der Waals surface area contributed by atoms with Crippen LogP contribution in [0.1, 0.15) is 6.42 Å². The van der Waals surface area contributed by atoms with Crippen molar-refractivity contribution < 1.29 is 18.3 Å². The zero-order valence-electron chi connectivity index (χ0n) is 10.8. The Balaban J connectivity index is 1.73. The van der Waals surface area contributed by atoms with Gasteiger partial charge in [-0.05, 0) is 24.3 Å². The SMILES string of the molecule is Nc1cccc(OCCCOc2cccc(F)c2F)c1. The Bertz CT molecular complexity index is 576. The fourth-order valence-corrected chi connectivity index (χ4v) is 1.63. The number of benzene rings is 2. The van der Waals surface area contributed by atoms with Crippen LogP contribution in [0.15, 0.2) is 42.5 Å². The van der Waals surface area contributed by atoms with E-state index in [2.05, 4.69) is 0 Å². The van der Waals surface area contributed by atoms with E-state index < -0.39 is 11.6 Å². The molecule has 0 spiro atoms. The molecule has 106 valence electrons. The molecule has 0 saturated heterocycles. The minimum atomic E-state index is -0.968. The van der Waals surface area contributed by atoms with Crippen LogP contribution in [0.25, 0.3) is 0 Å². The maximum atomic E-state index is 13.3. The van der Waals surface area contributed by atoms with Gasteiger partial charge >= 0.3 is 0 Å². The lowest BCUT2D eigenvalue weighted by Gasteiger charge is -2.09. The van der Waals surface area contributed by atoms with Gasteiger partial charge in [0.15, 0.2) is 11.6 Å². The van der Waals surface area contributed by atoms with Crippen molar-refractivity contribution in [2.75, 3.05) is 18.9 Å². The molecule has 0 fully saturated rings. The molecule has 0 radical (unpaired) electrons. The van der Waals surface area contributed by atoms with Gasteiger partial charge in [0, 0.05) is 18.2 Å². The van der Waals surface area contributed by atoms with E-state index in [1.807, 2.05) is 0 Å². The van der Waals surface area contributed by atoms with Crippen LogP contribution >= 0.6 is 0 Å². The van der Waals surface area contributed by atoms with E-state index in [0.717, 1.165) is 6.07 Å². The van der Waals surface area contributed by atoms with Gasteiger partial charge < -0.3 is 15.2 Å². The Hall–Kier alpha value is -2.30. The minimum absolute atomic E-state index is 0.0889. The molecule has 0 atom stereocenters. The maximum Gasteiger partial charge on any atom is 0.200 e. The second-order valence-corrected chi connectivity index (χ2v) is 4.17. The molecule has 0 heterocycles. The molecule has 0 amide bonds. The highest BCUT2D eigenvalue weighted by atomic mass is 19.2. The molecule has 2 N–H and O–H groups in total. The second-order valence-electron chi connectivity index (χ2n) is 4.17. The molecule has 20 heavy (non-hydrogen) atoms. The van der Waals surface area contributed by atoms with E-state index in [0.29, 0.717) is 24.5 Å². The van der Waals surface area contributed by atoms with Gasteiger partial charge in [-0.1, -0.05) is 12.1 Å². The Morgan fingerprint density at radius 2 is 1.70 bits per heavy atom. The van der Waals surface area contributed by atoms with Crippen molar-refractivity contribution in [2.24, 2.45) is 0 Å². The van der Waals surface area contributed by atoms with E-state index in [1.165, 1.54) is 12.1 Å². The third-order valence-corrected chi connectivity index (χ3v) is 2.59. The molecule has 0 aliphatic carbocycles. The van der Waals surface area contributed by atoms with Crippen molar-refractivity contribution in [3.8, 4) is 11.5 Å². The van der Waals surface area contributed by atoms with Gasteiger partial charge in [0.1, 0.15) is 5.75 Å². The largest absolute Gasteiger partial charge is 0.493 e. The standard InChI is InChI=1S/C15H15F2NO2/c16-13-6-2-7-14(15(13)17)20-9-3-8-19-12-5-1-4-11(18)10-12/h1-2,4-7,10H,3,8-9,18H2. The number of hydrogen-bond acceptors (Lipinski definition) is 3. The summed E-state index contributed by atoms with van der Waals surface area (Å²) in [6, 6.07) is 10.9.